The largest absolute Gasteiger partial charge is 0.493 e. The second kappa shape index (κ2) is 5.95. The molecule has 0 aliphatic carbocycles. The minimum atomic E-state index is -0.273. The molecule has 6 heteroatoms. The summed E-state index contributed by atoms with van der Waals surface area (Å²) in [4.78, 5) is 0. The molecule has 5 nitrogen and oxygen atoms in total. The number of aliphatic hydroxyl groups excluding tert-OH is 1. The molecule has 2 rings (SSSR count). The second-order valence-electron chi connectivity index (χ2n) is 3.68. The van der Waals surface area contributed by atoms with Crippen LogP contribution in [0.3, 0.4) is 0 Å². The highest BCUT2D eigenvalue weighted by atomic mass is 35.5. The van der Waals surface area contributed by atoms with Crippen molar-refractivity contribution in [1.82, 2.24) is 0 Å². The van der Waals surface area contributed by atoms with Gasteiger partial charge >= 0.3 is 0 Å². The van der Waals surface area contributed by atoms with Gasteiger partial charge in [-0.3, -0.25) is 0 Å². The van der Waals surface area contributed by atoms with Crippen LogP contribution in [0.5, 0.6) is 17.2 Å². The van der Waals surface area contributed by atoms with Gasteiger partial charge in [-0.1, -0.05) is 0 Å². The van der Waals surface area contributed by atoms with Gasteiger partial charge in [0, 0.05) is 6.04 Å². The standard InChI is InChI=1S/C11H15NO4.ClH/c1-14-9-3-7(2-8(12)5-13)4-10-11(9)16-6-15-10;/h3-4,8,13H,2,5-6,12H2,1H3;1H. The lowest BCUT2D eigenvalue weighted by atomic mass is 10.1. The van der Waals surface area contributed by atoms with E-state index in [4.69, 9.17) is 25.1 Å². The smallest absolute Gasteiger partial charge is 0.231 e. The third kappa shape index (κ3) is 2.94. The summed E-state index contributed by atoms with van der Waals surface area (Å²) >= 11 is 0. The number of methoxy groups -OCH3 is 1. The van der Waals surface area contributed by atoms with Crippen LogP contribution in [0.1, 0.15) is 5.56 Å². The molecular formula is C11H16ClNO4. The summed E-state index contributed by atoms with van der Waals surface area (Å²) in [5.74, 6) is 1.93. The van der Waals surface area contributed by atoms with E-state index in [0.717, 1.165) is 5.56 Å². The molecule has 0 saturated carbocycles. The molecule has 0 fully saturated rings. The zero-order valence-corrected chi connectivity index (χ0v) is 10.3. The van der Waals surface area contributed by atoms with Gasteiger partial charge in [-0.05, 0) is 24.1 Å². The molecule has 1 aliphatic heterocycles. The van der Waals surface area contributed by atoms with Crippen molar-refractivity contribution in [3.63, 3.8) is 0 Å². The fourth-order valence-electron chi connectivity index (χ4n) is 1.67. The fourth-order valence-corrected chi connectivity index (χ4v) is 1.67. The average Bonchev–Trinajstić information content (AvgIpc) is 2.75. The second-order valence-corrected chi connectivity index (χ2v) is 3.68. The van der Waals surface area contributed by atoms with Crippen LogP contribution in [-0.4, -0.2) is 31.7 Å². The number of halogens is 1. The maximum atomic E-state index is 8.90. The lowest BCUT2D eigenvalue weighted by Crippen LogP contribution is -2.26. The van der Waals surface area contributed by atoms with Crippen molar-refractivity contribution in [2.75, 3.05) is 20.5 Å². The molecule has 0 bridgehead atoms. The number of rotatable bonds is 4. The monoisotopic (exact) mass is 261 g/mol. The minimum absolute atomic E-state index is 0. The van der Waals surface area contributed by atoms with Crippen LogP contribution in [0.15, 0.2) is 12.1 Å². The van der Waals surface area contributed by atoms with Gasteiger partial charge < -0.3 is 25.1 Å². The van der Waals surface area contributed by atoms with E-state index in [9.17, 15) is 0 Å². The summed E-state index contributed by atoms with van der Waals surface area (Å²) in [6, 6.07) is 3.44. The average molecular weight is 262 g/mol. The van der Waals surface area contributed by atoms with E-state index in [1.807, 2.05) is 12.1 Å². The van der Waals surface area contributed by atoms with Crippen molar-refractivity contribution in [2.45, 2.75) is 12.5 Å². The number of fused-ring (bicyclic) bond motifs is 1. The van der Waals surface area contributed by atoms with Crippen molar-refractivity contribution in [3.05, 3.63) is 17.7 Å². The summed E-state index contributed by atoms with van der Waals surface area (Å²) in [7, 11) is 1.58. The lowest BCUT2D eigenvalue weighted by Gasteiger charge is -2.11. The van der Waals surface area contributed by atoms with Gasteiger partial charge in [0.25, 0.3) is 0 Å². The first kappa shape index (κ1) is 13.9. The highest BCUT2D eigenvalue weighted by molar-refractivity contribution is 5.85. The number of nitrogens with two attached hydrogens (primary N) is 1. The molecule has 1 unspecified atom stereocenters. The van der Waals surface area contributed by atoms with Crippen molar-refractivity contribution >= 4 is 12.4 Å². The molecule has 0 amide bonds. The van der Waals surface area contributed by atoms with Crippen molar-refractivity contribution < 1.29 is 19.3 Å². The molecule has 96 valence electrons. The Hall–Kier alpha value is -1.17. The van der Waals surface area contributed by atoms with Gasteiger partial charge in [0.1, 0.15) is 0 Å². The molecule has 1 aromatic rings. The van der Waals surface area contributed by atoms with Crippen LogP contribution in [0.2, 0.25) is 0 Å². The quantitative estimate of drug-likeness (QED) is 0.835. The molecule has 17 heavy (non-hydrogen) atoms. The molecular weight excluding hydrogens is 246 g/mol. The van der Waals surface area contributed by atoms with E-state index in [-0.39, 0.29) is 31.8 Å². The zero-order valence-electron chi connectivity index (χ0n) is 9.51. The predicted octanol–water partition coefficient (Wildman–Crippen LogP) is 0.708. The lowest BCUT2D eigenvalue weighted by molar-refractivity contribution is 0.171. The molecule has 1 aliphatic rings. The van der Waals surface area contributed by atoms with Crippen LogP contribution >= 0.6 is 12.4 Å². The van der Waals surface area contributed by atoms with Gasteiger partial charge in [-0.25, -0.2) is 0 Å². The van der Waals surface area contributed by atoms with E-state index in [0.29, 0.717) is 23.7 Å². The summed E-state index contributed by atoms with van der Waals surface area (Å²) in [5, 5.41) is 8.90. The highest BCUT2D eigenvalue weighted by Gasteiger charge is 2.20. The molecule has 1 atom stereocenters. The van der Waals surface area contributed by atoms with Crippen molar-refractivity contribution in [2.24, 2.45) is 5.73 Å². The first-order valence-corrected chi connectivity index (χ1v) is 5.07. The Morgan fingerprint density at radius 2 is 2.24 bits per heavy atom. The highest BCUT2D eigenvalue weighted by Crippen LogP contribution is 2.41. The maximum absolute atomic E-state index is 8.90. The van der Waals surface area contributed by atoms with Crippen LogP contribution in [0.4, 0.5) is 0 Å². The first-order valence-electron chi connectivity index (χ1n) is 5.07. The third-order valence-electron chi connectivity index (χ3n) is 2.45. The topological polar surface area (TPSA) is 73.9 Å². The van der Waals surface area contributed by atoms with Gasteiger partial charge in [-0.2, -0.15) is 0 Å². The fraction of sp³-hybridized carbons (Fsp3) is 0.455. The van der Waals surface area contributed by atoms with E-state index < -0.39 is 0 Å². The molecule has 1 heterocycles. The Balaban J connectivity index is 0.00000144. The number of ether oxygens (including phenoxy) is 3. The van der Waals surface area contributed by atoms with E-state index >= 15 is 0 Å². The summed E-state index contributed by atoms with van der Waals surface area (Å²) in [6.45, 7) is 0.165. The van der Waals surface area contributed by atoms with Gasteiger partial charge in [0.15, 0.2) is 11.5 Å². The molecule has 0 saturated heterocycles. The van der Waals surface area contributed by atoms with E-state index in [1.165, 1.54) is 0 Å². The number of hydrogen-bond donors (Lipinski definition) is 2. The minimum Gasteiger partial charge on any atom is -0.493 e. The maximum Gasteiger partial charge on any atom is 0.231 e. The summed E-state index contributed by atoms with van der Waals surface area (Å²) < 4.78 is 15.8. The molecule has 3 N–H and O–H groups in total. The van der Waals surface area contributed by atoms with Crippen molar-refractivity contribution in [3.8, 4) is 17.2 Å². The zero-order chi connectivity index (χ0) is 11.5. The Bertz CT molecular complexity index is 386. The van der Waals surface area contributed by atoms with E-state index in [1.54, 1.807) is 7.11 Å². The Morgan fingerprint density at radius 3 is 2.88 bits per heavy atom. The van der Waals surface area contributed by atoms with E-state index in [2.05, 4.69) is 0 Å². The van der Waals surface area contributed by atoms with Gasteiger partial charge in [0.05, 0.1) is 13.7 Å². The normalized spacial score (nSPS) is 14.1. The SMILES string of the molecule is COc1cc(CC(N)CO)cc2c1OCO2.Cl. The third-order valence-corrected chi connectivity index (χ3v) is 2.45. The Kier molecular flexibility index (Phi) is 4.86. The van der Waals surface area contributed by atoms with Gasteiger partial charge in [0.2, 0.25) is 12.5 Å². The molecule has 0 radical (unpaired) electrons. The number of hydrogen-bond acceptors (Lipinski definition) is 5. The van der Waals surface area contributed by atoms with Crippen molar-refractivity contribution in [1.29, 1.82) is 0 Å². The number of benzene rings is 1. The van der Waals surface area contributed by atoms with Crippen LogP contribution < -0.4 is 19.9 Å². The number of aliphatic hydroxyl groups is 1. The predicted molar refractivity (Wildman–Crippen MR) is 65.1 cm³/mol. The molecule has 1 aromatic carbocycles. The van der Waals surface area contributed by atoms with Crippen LogP contribution in [0.25, 0.3) is 0 Å². The van der Waals surface area contributed by atoms with Gasteiger partial charge in [-0.15, -0.1) is 12.4 Å². The Labute approximate surface area is 106 Å². The Morgan fingerprint density at radius 1 is 1.47 bits per heavy atom. The summed E-state index contributed by atoms with van der Waals surface area (Å²) in [6.07, 6.45) is 0.573. The molecule has 0 aromatic heterocycles. The summed E-state index contributed by atoms with van der Waals surface area (Å²) in [5.41, 5.74) is 6.64. The van der Waals surface area contributed by atoms with Crippen LogP contribution in [-0.2, 0) is 6.42 Å². The first-order chi connectivity index (χ1) is 7.74. The molecule has 0 spiro atoms. The van der Waals surface area contributed by atoms with Crippen LogP contribution in [0, 0.1) is 0 Å².